The molecular formula is C43H82O10S2. The number of esters is 4. The molecule has 0 radical (unpaired) electrons. The van der Waals surface area contributed by atoms with Crippen molar-refractivity contribution in [2.45, 2.75) is 178 Å². The zero-order valence-electron chi connectivity index (χ0n) is 36.9. The van der Waals surface area contributed by atoms with E-state index in [1.165, 1.54) is 57.1 Å². The number of carbonyl (C=O) groups is 5. The highest BCUT2D eigenvalue weighted by atomic mass is 32.2. The normalized spacial score (nSPS) is 11.3. The molecule has 0 aliphatic heterocycles. The highest BCUT2D eigenvalue weighted by Gasteiger charge is 2.28. The van der Waals surface area contributed by atoms with E-state index < -0.39 is 22.2 Å². The highest BCUT2D eigenvalue weighted by Crippen LogP contribution is 2.22. The van der Waals surface area contributed by atoms with Crippen LogP contribution < -0.4 is 0 Å². The van der Waals surface area contributed by atoms with Crippen molar-refractivity contribution in [3.05, 3.63) is 0 Å². The predicted molar refractivity (Wildman–Crippen MR) is 230 cm³/mol. The Bertz CT molecular complexity index is 998. The molecule has 0 saturated carbocycles. The number of unbranched alkanes of at least 4 members (excludes halogenated alkanes) is 9. The summed E-state index contributed by atoms with van der Waals surface area (Å²) in [7, 11) is 0. The van der Waals surface area contributed by atoms with Gasteiger partial charge in [0.2, 0.25) is 0 Å². The van der Waals surface area contributed by atoms with Gasteiger partial charge in [0, 0.05) is 12.8 Å². The molecular weight excluding hydrogens is 741 g/mol. The molecule has 55 heavy (non-hydrogen) atoms. The number of hydrogen-bond acceptors (Lipinski definition) is 11. The molecule has 12 heteroatoms. The van der Waals surface area contributed by atoms with Gasteiger partial charge < -0.3 is 24.1 Å². The lowest BCUT2D eigenvalue weighted by Gasteiger charge is -2.20. The van der Waals surface area contributed by atoms with Crippen molar-refractivity contribution in [1.29, 1.82) is 0 Å². The smallest absolute Gasteiger partial charge is 0.311 e. The summed E-state index contributed by atoms with van der Waals surface area (Å²) in [6.45, 7) is 18.2. The highest BCUT2D eigenvalue weighted by molar-refractivity contribution is 7.98. The van der Waals surface area contributed by atoms with Crippen LogP contribution in [0.15, 0.2) is 0 Å². The van der Waals surface area contributed by atoms with Gasteiger partial charge in [-0.05, 0) is 117 Å². The molecule has 10 nitrogen and oxygen atoms in total. The lowest BCUT2D eigenvalue weighted by Crippen LogP contribution is -2.26. The molecule has 0 aromatic rings. The van der Waals surface area contributed by atoms with Gasteiger partial charge in [-0.25, -0.2) is 0 Å². The van der Waals surface area contributed by atoms with Crippen molar-refractivity contribution in [3.8, 4) is 0 Å². The molecule has 0 heterocycles. The van der Waals surface area contributed by atoms with Crippen molar-refractivity contribution >= 4 is 53.4 Å². The maximum atomic E-state index is 11.8. The molecule has 0 bridgehead atoms. The van der Waals surface area contributed by atoms with Gasteiger partial charge in [0.05, 0.1) is 42.7 Å². The first-order chi connectivity index (χ1) is 25.9. The second kappa shape index (κ2) is 36.4. The van der Waals surface area contributed by atoms with Crippen LogP contribution in [0.25, 0.3) is 0 Å². The van der Waals surface area contributed by atoms with E-state index in [4.69, 9.17) is 24.1 Å². The minimum absolute atomic E-state index is 0.188. The average molecular weight is 823 g/mol. The van der Waals surface area contributed by atoms with Crippen LogP contribution in [0.1, 0.15) is 178 Å². The Morgan fingerprint density at radius 2 is 0.745 bits per heavy atom. The first kappa shape index (κ1) is 57.4. The van der Waals surface area contributed by atoms with Crippen LogP contribution in [0.3, 0.4) is 0 Å². The zero-order chi connectivity index (χ0) is 42.6. The quantitative estimate of drug-likeness (QED) is 0.0404. The van der Waals surface area contributed by atoms with Gasteiger partial charge in [-0.3, -0.25) is 24.0 Å². The Labute approximate surface area is 344 Å². The molecule has 0 spiro atoms. The first-order valence-corrected chi connectivity index (χ1v) is 23.5. The molecule has 0 unspecified atom stereocenters. The third kappa shape index (κ3) is 36.2. The van der Waals surface area contributed by atoms with Gasteiger partial charge in [0.1, 0.15) is 0 Å². The SMILES string of the molecule is CCC(C)(C)C(=O)O.CCC(C)(C)C(=O)OCCCC(=O)OCCCCCCCCCCCCSC.CCC(C)(C)C(=O)OCCCC(=O)OCCCSC. The summed E-state index contributed by atoms with van der Waals surface area (Å²) in [5, 5.41) is 8.44. The van der Waals surface area contributed by atoms with Gasteiger partial charge in [-0.1, -0.05) is 72.1 Å². The summed E-state index contributed by atoms with van der Waals surface area (Å²) in [4.78, 5) is 56.7. The summed E-state index contributed by atoms with van der Waals surface area (Å²) >= 11 is 3.68. The van der Waals surface area contributed by atoms with Gasteiger partial charge in [-0.15, -0.1) is 0 Å². The van der Waals surface area contributed by atoms with Crippen molar-refractivity contribution < 1.29 is 48.0 Å². The lowest BCUT2D eigenvalue weighted by atomic mass is 9.91. The number of carbonyl (C=O) groups excluding carboxylic acids is 4. The molecule has 326 valence electrons. The summed E-state index contributed by atoms with van der Waals surface area (Å²) < 4.78 is 20.7. The Kier molecular flexibility index (Phi) is 38.0. The van der Waals surface area contributed by atoms with E-state index >= 15 is 0 Å². The Hall–Kier alpha value is -1.95. The van der Waals surface area contributed by atoms with Gasteiger partial charge in [-0.2, -0.15) is 23.5 Å². The number of thioether (sulfide) groups is 2. The Balaban J connectivity index is -0.000000857. The monoisotopic (exact) mass is 823 g/mol. The van der Waals surface area contributed by atoms with E-state index in [2.05, 4.69) is 6.26 Å². The van der Waals surface area contributed by atoms with Crippen LogP contribution in [-0.2, 0) is 42.9 Å². The van der Waals surface area contributed by atoms with Crippen LogP contribution in [-0.4, -0.2) is 85.4 Å². The van der Waals surface area contributed by atoms with Gasteiger partial charge in [0.25, 0.3) is 0 Å². The van der Waals surface area contributed by atoms with E-state index in [1.807, 2.05) is 66.5 Å². The maximum Gasteiger partial charge on any atom is 0.311 e. The van der Waals surface area contributed by atoms with Crippen molar-refractivity contribution in [1.82, 2.24) is 0 Å². The number of ether oxygens (including phenoxy) is 4. The van der Waals surface area contributed by atoms with E-state index in [-0.39, 0.29) is 37.1 Å². The molecule has 1 N–H and O–H groups in total. The second-order valence-corrected chi connectivity index (χ2v) is 17.8. The third-order valence-electron chi connectivity index (χ3n) is 9.61. The second-order valence-electron chi connectivity index (χ2n) is 15.8. The van der Waals surface area contributed by atoms with Crippen LogP contribution in [0, 0.1) is 16.2 Å². The molecule has 0 aromatic carbocycles. The maximum absolute atomic E-state index is 11.8. The molecule has 0 aliphatic rings. The topological polar surface area (TPSA) is 142 Å². The van der Waals surface area contributed by atoms with Crippen molar-refractivity contribution in [2.75, 3.05) is 50.4 Å². The van der Waals surface area contributed by atoms with Crippen LogP contribution in [0.4, 0.5) is 0 Å². The van der Waals surface area contributed by atoms with E-state index in [0.29, 0.717) is 45.3 Å². The van der Waals surface area contributed by atoms with Crippen molar-refractivity contribution in [2.24, 2.45) is 16.2 Å². The van der Waals surface area contributed by atoms with Gasteiger partial charge in [0.15, 0.2) is 0 Å². The van der Waals surface area contributed by atoms with E-state index in [9.17, 15) is 24.0 Å². The molecule has 0 aliphatic carbocycles. The minimum atomic E-state index is -0.722. The van der Waals surface area contributed by atoms with Crippen LogP contribution >= 0.6 is 23.5 Å². The fraction of sp³-hybridized carbons (Fsp3) is 0.884. The van der Waals surface area contributed by atoms with E-state index in [1.54, 1.807) is 25.6 Å². The van der Waals surface area contributed by atoms with Gasteiger partial charge >= 0.3 is 29.8 Å². The fourth-order valence-corrected chi connectivity index (χ4v) is 4.97. The van der Waals surface area contributed by atoms with Crippen LogP contribution in [0.5, 0.6) is 0 Å². The summed E-state index contributed by atoms with van der Waals surface area (Å²) in [5.74, 6) is 0.772. The number of rotatable bonds is 31. The fourth-order valence-electron chi connectivity index (χ4n) is 4.08. The standard InChI is InChI=1S/C23H44O4S.C14H26O4S.C6H12O2/c1-5-23(2,3)22(25)27-19-16-17-21(24)26-18-14-12-10-8-6-7-9-11-13-15-20-28-4;1-5-14(2,3)13(16)18-9-6-8-12(15)17-10-7-11-19-4;1-4-6(2,3)5(7)8/h5-20H2,1-4H3;5-11H2,1-4H3;4H2,1-3H3,(H,7,8). The third-order valence-corrected chi connectivity index (χ3v) is 11.0. The molecule has 0 saturated heterocycles. The Morgan fingerprint density at radius 3 is 1.07 bits per heavy atom. The predicted octanol–water partition coefficient (Wildman–Crippen LogP) is 11.1. The first-order valence-electron chi connectivity index (χ1n) is 20.7. The average Bonchev–Trinajstić information content (AvgIpc) is 3.15. The molecule has 0 rings (SSSR count). The zero-order valence-corrected chi connectivity index (χ0v) is 38.5. The number of hydrogen-bond donors (Lipinski definition) is 1. The molecule has 0 atom stereocenters. The molecule has 0 fully saturated rings. The number of carboxylic acid groups (broad SMARTS) is 1. The lowest BCUT2D eigenvalue weighted by molar-refractivity contribution is -0.155. The van der Waals surface area contributed by atoms with Crippen molar-refractivity contribution in [3.63, 3.8) is 0 Å². The number of aliphatic carboxylic acids is 1. The summed E-state index contributed by atoms with van der Waals surface area (Å²) in [5.41, 5.74) is -1.44. The summed E-state index contributed by atoms with van der Waals surface area (Å²) in [6, 6.07) is 0. The van der Waals surface area contributed by atoms with Crippen LogP contribution in [0.2, 0.25) is 0 Å². The Morgan fingerprint density at radius 1 is 0.436 bits per heavy atom. The number of carboxylic acids is 1. The molecule has 0 aromatic heterocycles. The summed E-state index contributed by atoms with van der Waals surface area (Å²) in [6.07, 6.45) is 21.7. The van der Waals surface area contributed by atoms with E-state index in [0.717, 1.165) is 37.9 Å². The minimum Gasteiger partial charge on any atom is -0.481 e. The molecule has 0 amide bonds. The largest absolute Gasteiger partial charge is 0.481 e.